The zero-order valence-electron chi connectivity index (χ0n) is 9.31. The summed E-state index contributed by atoms with van der Waals surface area (Å²) in [6, 6.07) is 1.81. The van der Waals surface area contributed by atoms with Crippen molar-refractivity contribution in [3.8, 4) is 0 Å². The van der Waals surface area contributed by atoms with E-state index in [9.17, 15) is 4.79 Å². The third kappa shape index (κ3) is 2.08. The highest BCUT2D eigenvalue weighted by molar-refractivity contribution is 5.94. The minimum atomic E-state index is -0.141. The van der Waals surface area contributed by atoms with Gasteiger partial charge in [0.1, 0.15) is 0 Å². The molecule has 2 aromatic heterocycles. The number of allylic oxidation sites excluding steroid dienone is 4. The Bertz CT molecular complexity index is 665. The van der Waals surface area contributed by atoms with Crippen LogP contribution in [0.5, 0.6) is 0 Å². The highest BCUT2D eigenvalue weighted by atomic mass is 16.1. The smallest absolute Gasteiger partial charge is 0.257 e. The fourth-order valence-corrected chi connectivity index (χ4v) is 1.64. The van der Waals surface area contributed by atoms with Gasteiger partial charge >= 0.3 is 0 Å². The molecule has 0 aliphatic carbocycles. The molecule has 84 valence electrons. The number of nitrogens with zero attached hydrogens (tertiary/aromatic N) is 1. The zero-order valence-corrected chi connectivity index (χ0v) is 9.31. The largest absolute Gasteiger partial charge is 0.328 e. The molecule has 17 heavy (non-hydrogen) atoms. The number of hydrogen-bond donors (Lipinski definition) is 1. The molecule has 2 heterocycles. The van der Waals surface area contributed by atoms with E-state index in [2.05, 4.69) is 23.1 Å². The average Bonchev–Trinajstić information content (AvgIpc) is 2.37. The monoisotopic (exact) mass is 224 g/mol. The quantitative estimate of drug-likeness (QED) is 0.815. The third-order valence-electron chi connectivity index (χ3n) is 2.48. The van der Waals surface area contributed by atoms with Gasteiger partial charge in [-0.3, -0.25) is 9.78 Å². The highest BCUT2D eigenvalue weighted by Crippen LogP contribution is 2.21. The Labute approximate surface area is 98.8 Å². The molecule has 0 saturated carbocycles. The molecule has 0 atom stereocenters. The predicted molar refractivity (Wildman–Crippen MR) is 70.7 cm³/mol. The van der Waals surface area contributed by atoms with Crippen LogP contribution >= 0.6 is 0 Å². The Kier molecular flexibility index (Phi) is 3.01. The van der Waals surface area contributed by atoms with Gasteiger partial charge in [-0.1, -0.05) is 31.4 Å². The van der Waals surface area contributed by atoms with Crippen LogP contribution in [0.4, 0.5) is 0 Å². The van der Waals surface area contributed by atoms with Gasteiger partial charge < -0.3 is 4.98 Å². The lowest BCUT2D eigenvalue weighted by molar-refractivity contribution is 1.25. The maximum absolute atomic E-state index is 11.6. The zero-order chi connectivity index (χ0) is 12.3. The van der Waals surface area contributed by atoms with Crippen molar-refractivity contribution in [2.45, 2.75) is 0 Å². The van der Waals surface area contributed by atoms with E-state index in [1.54, 1.807) is 30.7 Å². The SMILES string of the molecule is C=C/C=C\C(=C)c1c[nH]c(=O)c2cnccc12. The van der Waals surface area contributed by atoms with Crippen molar-refractivity contribution in [1.29, 1.82) is 0 Å². The van der Waals surface area contributed by atoms with Gasteiger partial charge in [0.05, 0.1) is 5.39 Å². The van der Waals surface area contributed by atoms with E-state index in [4.69, 9.17) is 0 Å². The third-order valence-corrected chi connectivity index (χ3v) is 2.48. The van der Waals surface area contributed by atoms with E-state index >= 15 is 0 Å². The maximum atomic E-state index is 11.6. The van der Waals surface area contributed by atoms with Crippen LogP contribution in [-0.2, 0) is 0 Å². The average molecular weight is 224 g/mol. The summed E-state index contributed by atoms with van der Waals surface area (Å²) in [6.07, 6.45) is 10.2. The van der Waals surface area contributed by atoms with Crippen molar-refractivity contribution in [2.75, 3.05) is 0 Å². The van der Waals surface area contributed by atoms with E-state index in [-0.39, 0.29) is 5.56 Å². The van der Waals surface area contributed by atoms with Crippen molar-refractivity contribution < 1.29 is 0 Å². The first-order valence-electron chi connectivity index (χ1n) is 5.18. The molecule has 3 heteroatoms. The molecule has 0 saturated heterocycles. The first kappa shape index (κ1) is 11.1. The van der Waals surface area contributed by atoms with Gasteiger partial charge in [-0.15, -0.1) is 0 Å². The number of hydrogen-bond acceptors (Lipinski definition) is 2. The van der Waals surface area contributed by atoms with Crippen LogP contribution in [-0.4, -0.2) is 9.97 Å². The van der Waals surface area contributed by atoms with Crippen LogP contribution in [0.15, 0.2) is 60.8 Å². The van der Waals surface area contributed by atoms with Gasteiger partial charge in [-0.05, 0) is 17.0 Å². The van der Waals surface area contributed by atoms with Crippen LogP contribution in [0.25, 0.3) is 16.3 Å². The van der Waals surface area contributed by atoms with E-state index < -0.39 is 0 Å². The molecule has 0 amide bonds. The van der Waals surface area contributed by atoms with Crippen molar-refractivity contribution in [3.05, 3.63) is 72.0 Å². The lowest BCUT2D eigenvalue weighted by atomic mass is 10.0. The Hall–Kier alpha value is -2.42. The predicted octanol–water partition coefficient (Wildman–Crippen LogP) is 2.68. The summed E-state index contributed by atoms with van der Waals surface area (Å²) >= 11 is 0. The van der Waals surface area contributed by atoms with Gasteiger partial charge in [0.15, 0.2) is 0 Å². The topological polar surface area (TPSA) is 45.8 Å². The molecule has 0 aromatic carbocycles. The van der Waals surface area contributed by atoms with Gasteiger partial charge in [0, 0.05) is 24.2 Å². The molecule has 0 fully saturated rings. The minimum absolute atomic E-state index is 0.141. The lowest BCUT2D eigenvalue weighted by Gasteiger charge is -2.04. The number of H-pyrrole nitrogens is 1. The Morgan fingerprint density at radius 3 is 3.00 bits per heavy atom. The van der Waals surface area contributed by atoms with Crippen LogP contribution in [0.2, 0.25) is 0 Å². The van der Waals surface area contributed by atoms with Crippen LogP contribution in [0.1, 0.15) is 5.56 Å². The van der Waals surface area contributed by atoms with Crippen molar-refractivity contribution >= 4 is 16.3 Å². The normalized spacial score (nSPS) is 10.8. The second-order valence-corrected chi connectivity index (χ2v) is 3.57. The van der Waals surface area contributed by atoms with E-state index in [0.29, 0.717) is 5.39 Å². The molecule has 0 unspecified atom stereocenters. The van der Waals surface area contributed by atoms with Crippen LogP contribution in [0, 0.1) is 0 Å². The molecule has 2 aromatic rings. The van der Waals surface area contributed by atoms with E-state index in [0.717, 1.165) is 16.5 Å². The Morgan fingerprint density at radius 2 is 2.24 bits per heavy atom. The molecule has 0 bridgehead atoms. The minimum Gasteiger partial charge on any atom is -0.328 e. The highest BCUT2D eigenvalue weighted by Gasteiger charge is 2.05. The molecule has 0 aliphatic rings. The maximum Gasteiger partial charge on any atom is 0.257 e. The molecule has 3 nitrogen and oxygen atoms in total. The number of rotatable bonds is 3. The van der Waals surface area contributed by atoms with Gasteiger partial charge in [-0.2, -0.15) is 0 Å². The Morgan fingerprint density at radius 1 is 1.41 bits per heavy atom. The molecule has 0 radical (unpaired) electrons. The summed E-state index contributed by atoms with van der Waals surface area (Å²) in [6.45, 7) is 7.57. The summed E-state index contributed by atoms with van der Waals surface area (Å²) in [4.78, 5) is 18.2. The number of aromatic nitrogens is 2. The summed E-state index contributed by atoms with van der Waals surface area (Å²) in [7, 11) is 0. The van der Waals surface area contributed by atoms with Crippen molar-refractivity contribution in [1.82, 2.24) is 9.97 Å². The van der Waals surface area contributed by atoms with Gasteiger partial charge in [0.25, 0.3) is 5.56 Å². The number of nitrogens with one attached hydrogen (secondary N) is 1. The van der Waals surface area contributed by atoms with E-state index in [1.807, 2.05) is 12.1 Å². The number of pyridine rings is 2. The second-order valence-electron chi connectivity index (χ2n) is 3.57. The second kappa shape index (κ2) is 4.61. The summed E-state index contributed by atoms with van der Waals surface area (Å²) < 4.78 is 0. The molecule has 1 N–H and O–H groups in total. The molecule has 0 aliphatic heterocycles. The molecular weight excluding hydrogens is 212 g/mol. The van der Waals surface area contributed by atoms with Crippen molar-refractivity contribution in [3.63, 3.8) is 0 Å². The summed E-state index contributed by atoms with van der Waals surface area (Å²) in [5.74, 6) is 0. The van der Waals surface area contributed by atoms with Crippen molar-refractivity contribution in [2.24, 2.45) is 0 Å². The fourth-order valence-electron chi connectivity index (χ4n) is 1.64. The molecule has 0 spiro atoms. The standard InChI is InChI=1S/C14H12N2O/c1-3-4-5-10(2)12-9-16-14(17)13-8-15-7-6-11(12)13/h3-9H,1-2H2,(H,16,17)/b5-4-. The van der Waals surface area contributed by atoms with Gasteiger partial charge in [-0.25, -0.2) is 0 Å². The Balaban J connectivity index is 2.67. The van der Waals surface area contributed by atoms with Crippen LogP contribution in [0.3, 0.4) is 0 Å². The first-order valence-corrected chi connectivity index (χ1v) is 5.18. The first-order chi connectivity index (χ1) is 8.24. The van der Waals surface area contributed by atoms with E-state index in [1.165, 1.54) is 0 Å². The molecular formula is C14H12N2O. The number of aromatic amines is 1. The van der Waals surface area contributed by atoms with Gasteiger partial charge in [0.2, 0.25) is 0 Å². The molecule has 2 rings (SSSR count). The lowest BCUT2D eigenvalue weighted by Crippen LogP contribution is -2.06. The fraction of sp³-hybridized carbons (Fsp3) is 0. The van der Waals surface area contributed by atoms with Crippen LogP contribution < -0.4 is 5.56 Å². The summed E-state index contributed by atoms with van der Waals surface area (Å²) in [5.41, 5.74) is 1.56. The number of fused-ring (bicyclic) bond motifs is 1. The summed E-state index contributed by atoms with van der Waals surface area (Å²) in [5, 5.41) is 1.42.